The number of nitrogens with zero attached hydrogens (tertiary/aromatic N) is 14. The molecule has 6 N–H and O–H groups in total. The molecule has 3 amide bonds. The van der Waals surface area contributed by atoms with Gasteiger partial charge in [0.05, 0.1) is 12.0 Å². The summed E-state index contributed by atoms with van der Waals surface area (Å²) in [6, 6.07) is 40.2. The molecule has 7 aromatic heterocycles. The Bertz CT molecular complexity index is 4880. The molecule has 0 saturated carbocycles. The molecule has 16 rings (SSSR count). The van der Waals surface area contributed by atoms with Crippen LogP contribution >= 0.6 is 11.6 Å². The number of hydrogen-bond acceptors (Lipinski definition) is 28. The molecule has 0 bridgehead atoms. The lowest BCUT2D eigenvalue weighted by molar-refractivity contribution is -0.162. The molecule has 143 heavy (non-hydrogen) atoms. The molecule has 0 spiro atoms. The second kappa shape index (κ2) is 70.1. The highest BCUT2D eigenvalue weighted by Crippen LogP contribution is 2.29. The van der Waals surface area contributed by atoms with E-state index in [9.17, 15) is 47.5 Å². The average molecular weight is 1990 g/mol. The van der Waals surface area contributed by atoms with Crippen molar-refractivity contribution in [2.75, 3.05) is 161 Å². The Morgan fingerprint density at radius 2 is 0.748 bits per heavy atom. The van der Waals surface area contributed by atoms with Crippen LogP contribution in [0.15, 0.2) is 244 Å². The number of halogens is 2. The maximum atomic E-state index is 12.1. The second-order valence-corrected chi connectivity index (χ2v) is 37.2. The number of carbonyl (C=O) groups excluding carboxylic acids is 8. The Morgan fingerprint density at radius 1 is 0.427 bits per heavy atom. The number of ether oxygens (including phenoxy) is 2. The molecule has 778 valence electrons. The number of anilines is 6. The molecule has 0 aromatic carbocycles. The van der Waals surface area contributed by atoms with Crippen molar-refractivity contribution < 1.29 is 77.4 Å². The smallest absolute Gasteiger partial charge is 0.338 e. The Hall–Kier alpha value is -12.6. The number of aliphatic hydroxyl groups is 3. The van der Waals surface area contributed by atoms with Crippen LogP contribution < -0.4 is 40.0 Å². The zero-order chi connectivity index (χ0) is 103. The highest BCUT2D eigenvalue weighted by atomic mass is 35.5. The maximum Gasteiger partial charge on any atom is 0.338 e. The molecule has 31 nitrogen and oxygen atoms in total. The van der Waals surface area contributed by atoms with E-state index in [1.807, 2.05) is 165 Å². The number of pyridine rings is 7. The monoisotopic (exact) mass is 1990 g/mol. The molecule has 0 aliphatic carbocycles. The van der Waals surface area contributed by atoms with E-state index >= 15 is 0 Å². The van der Waals surface area contributed by atoms with Crippen molar-refractivity contribution in [3.8, 4) is 0 Å². The maximum absolute atomic E-state index is 12.1. The van der Waals surface area contributed by atoms with Crippen LogP contribution in [0.5, 0.6) is 0 Å². The number of hydrogen-bond donors (Lipinski definition) is 6. The van der Waals surface area contributed by atoms with Crippen molar-refractivity contribution in [1.29, 1.82) is 0 Å². The normalized spacial score (nSPS) is 17.1. The van der Waals surface area contributed by atoms with Crippen LogP contribution in [0.3, 0.4) is 0 Å². The van der Waals surface area contributed by atoms with Gasteiger partial charge in [-0.25, -0.2) is 49.3 Å². The van der Waals surface area contributed by atoms with Crippen molar-refractivity contribution in [2.45, 2.75) is 166 Å². The van der Waals surface area contributed by atoms with Crippen LogP contribution in [0, 0.1) is 58.2 Å². The van der Waals surface area contributed by atoms with Gasteiger partial charge in [0, 0.05) is 184 Å². The van der Waals surface area contributed by atoms with E-state index in [0.29, 0.717) is 61.9 Å². The number of amides is 3. The number of carbonyl (C=O) groups is 9. The Labute approximate surface area is 850 Å². The first kappa shape index (κ1) is 121. The van der Waals surface area contributed by atoms with E-state index in [-0.39, 0.29) is 54.3 Å². The topological polar surface area (TPSA) is 390 Å². The minimum atomic E-state index is -0.864. The van der Waals surface area contributed by atoms with E-state index < -0.39 is 29.3 Å². The van der Waals surface area contributed by atoms with Crippen molar-refractivity contribution in [2.24, 2.45) is 52.3 Å². The van der Waals surface area contributed by atoms with Gasteiger partial charge in [0.25, 0.3) is 11.8 Å². The van der Waals surface area contributed by atoms with Gasteiger partial charge in [0.15, 0.2) is 0 Å². The van der Waals surface area contributed by atoms with Crippen LogP contribution in [0.4, 0.5) is 39.3 Å². The molecule has 0 atom stereocenters. The summed E-state index contributed by atoms with van der Waals surface area (Å²) in [6.45, 7) is 30.3. The zero-order valence-electron chi connectivity index (χ0n) is 84.0. The molecular formula is C110H154ClFN16O15. The van der Waals surface area contributed by atoms with Gasteiger partial charge < -0.3 is 74.7 Å². The highest BCUT2D eigenvalue weighted by Gasteiger charge is 2.29. The SMILES string of the molecule is C.CC(C)(C)C(=O)Cl.CC(C)(C)C(=O)OC(=O)/C=C/C1CCN(c2ccccn2)CC1.CCO.CCOC(=O)/C=C/C1CCN(c2ccccn2)CC1.Fc1ccccn1.O=C(O)/C=C/C1CCN(c2ccccn2)CC1.O=C1C=CCCN1.O=C1C=CCCN1C(=O)/C=C/C1CCN(c2ccccn2)CC1.O=CC1CCN(c2ccccn2)CC1.OCC1CCN(c2ccccn2)CC1.OCC1CCNCC1. The van der Waals surface area contributed by atoms with Gasteiger partial charge in [0.2, 0.25) is 17.1 Å². The molecular weight excluding hydrogens is 1840 g/mol. The highest BCUT2D eigenvalue weighted by molar-refractivity contribution is 6.64. The van der Waals surface area contributed by atoms with Gasteiger partial charge in [-0.05, 0) is 301 Å². The summed E-state index contributed by atoms with van der Waals surface area (Å²) in [5, 5.41) is 39.4. The number of carboxylic acid groups (broad SMARTS) is 1. The first-order valence-corrected chi connectivity index (χ1v) is 50.0. The number of aliphatic hydroxyl groups excluding tert-OH is 3. The number of nitrogens with one attached hydrogen (secondary N) is 2. The van der Waals surface area contributed by atoms with Gasteiger partial charge in [-0.1, -0.05) is 107 Å². The molecule has 7 fully saturated rings. The summed E-state index contributed by atoms with van der Waals surface area (Å²) in [4.78, 5) is 144. The first-order chi connectivity index (χ1) is 68.5. The van der Waals surface area contributed by atoms with Gasteiger partial charge in [0.1, 0.15) is 41.2 Å². The van der Waals surface area contributed by atoms with E-state index in [4.69, 9.17) is 41.5 Å². The number of carboxylic acids is 1. The lowest BCUT2D eigenvalue weighted by Crippen LogP contribution is -2.37. The standard InChI is InChI=1S/C18H21N3O2.C18H24N2O3.C15H20N2O2.C13H16N2O2.C11H16N2O.C11H14N2O.C6H13NO.C5H9ClO.C5H4FN.C5H7NO.C2H6O.CH4/c22-17-6-2-4-12-21(17)18(23)8-7-15-9-13-20(14-10-15)16-5-1-3-11-19-16;1-18(2,3)17(22)23-16(21)8-7-14-9-12-20(13-10-14)15-6-4-5-11-19-15;1-2-19-15(18)7-6-13-8-11-17(12-9-13)14-5-3-4-10-16-14;16-13(17)5-4-11-6-9-15(10-7-11)12-3-1-2-8-14-12;2*14-9-10-4-7-13(8-5-10)11-3-1-2-6-12-11;8-5-6-1-3-7-4-2-6;1-5(2,3)4(6)7;6-5-3-1-2-4-7-5;7-5-3-1-2-4-6-5;1-2-3;/h1-3,5-8,11,15H,4,9-10,12-14H2;4-8,11,14H,9-10,12-13H2,1-3H3;3-7,10,13H,2,8-9,11-12H2,1H3;1-5,8,11H,6-7,9-10H2,(H,16,17);1-3,6,10,14H,4-5,7-9H2;1-3,6,9-10H,4-5,7-8H2;6-8H,1-5H2;1-3H3;1-4H;1,3H,2,4H2,(H,6,7);3H,2H2,1H3;1H4/b2*8-7+;7-6+;5-4+;;;;;;;;. The van der Waals surface area contributed by atoms with Crippen LogP contribution in [-0.4, -0.2) is 244 Å². The predicted octanol–water partition coefficient (Wildman–Crippen LogP) is 16.0. The third-order valence-electron chi connectivity index (χ3n) is 23.9. The molecule has 0 radical (unpaired) electrons. The molecule has 7 saturated heterocycles. The lowest BCUT2D eigenvalue weighted by atomic mass is 9.96. The first-order valence-electron chi connectivity index (χ1n) is 49.6. The third kappa shape index (κ3) is 50.8. The average Bonchev–Trinajstić information content (AvgIpc) is 0.938. The number of allylic oxidation sites excluding steroid dienone is 4. The van der Waals surface area contributed by atoms with Gasteiger partial charge in [-0.3, -0.25) is 28.9 Å². The van der Waals surface area contributed by atoms with E-state index in [1.54, 1.807) is 103 Å². The van der Waals surface area contributed by atoms with E-state index in [1.165, 1.54) is 35.4 Å². The molecule has 9 aliphatic heterocycles. The quantitative estimate of drug-likeness (QED) is 0.0116. The van der Waals surface area contributed by atoms with Crippen LogP contribution in [0.25, 0.3) is 0 Å². The minimum absolute atomic E-state index is 0. The lowest BCUT2D eigenvalue weighted by Gasteiger charge is -2.31. The number of rotatable bonds is 18. The largest absolute Gasteiger partial charge is 0.478 e. The van der Waals surface area contributed by atoms with E-state index in [0.717, 1.165) is 242 Å². The molecule has 16 heterocycles. The summed E-state index contributed by atoms with van der Waals surface area (Å²) in [6.07, 6.45) is 49.5. The number of aromatic nitrogens is 7. The van der Waals surface area contributed by atoms with Crippen molar-refractivity contribution >= 4 is 99.6 Å². The number of piperidine rings is 7. The summed E-state index contributed by atoms with van der Waals surface area (Å²) < 4.78 is 21.5. The number of aldehydes is 1. The zero-order valence-corrected chi connectivity index (χ0v) is 84.7. The van der Waals surface area contributed by atoms with Crippen molar-refractivity contribution in [3.63, 3.8) is 0 Å². The third-order valence-corrected chi connectivity index (χ3v) is 24.4. The summed E-state index contributed by atoms with van der Waals surface area (Å²) in [5.41, 5.74) is -1.04. The number of esters is 3. The van der Waals surface area contributed by atoms with Crippen LogP contribution in [-0.2, 0) is 52.6 Å². The van der Waals surface area contributed by atoms with Gasteiger partial charge in [-0.2, -0.15) is 4.39 Å². The second-order valence-electron chi connectivity index (χ2n) is 36.9. The fraction of sp³-hybridized carbons (Fsp3) is 0.491. The van der Waals surface area contributed by atoms with Crippen molar-refractivity contribution in [3.05, 3.63) is 250 Å². The Balaban J connectivity index is 0.000000286. The van der Waals surface area contributed by atoms with Gasteiger partial charge >= 0.3 is 23.9 Å². The molecule has 9 aliphatic rings. The minimum Gasteiger partial charge on any atom is -0.478 e. The fourth-order valence-corrected chi connectivity index (χ4v) is 15.3. The van der Waals surface area contributed by atoms with Crippen molar-refractivity contribution in [1.82, 2.24) is 50.4 Å². The van der Waals surface area contributed by atoms with Crippen LogP contribution in [0.2, 0.25) is 0 Å². The van der Waals surface area contributed by atoms with E-state index in [2.05, 4.69) is 74.9 Å². The summed E-state index contributed by atoms with van der Waals surface area (Å²) >= 11 is 5.11. The summed E-state index contributed by atoms with van der Waals surface area (Å²) in [7, 11) is 0. The van der Waals surface area contributed by atoms with Gasteiger partial charge in [-0.15, -0.1) is 0 Å². The summed E-state index contributed by atoms with van der Waals surface area (Å²) in [5.74, 6) is 6.02. The molecule has 33 heteroatoms. The predicted molar refractivity (Wildman–Crippen MR) is 564 cm³/mol. The molecule has 7 aromatic rings. The fourth-order valence-electron chi connectivity index (χ4n) is 15.3. The van der Waals surface area contributed by atoms with Crippen LogP contribution in [0.1, 0.15) is 166 Å². The number of imide groups is 1. The Kier molecular flexibility index (Phi) is 59.3. The number of aliphatic carboxylic acids is 1. The Morgan fingerprint density at radius 3 is 1.01 bits per heavy atom. The molecule has 0 unspecified atom stereocenters.